The number of nitrogens with zero attached hydrogens (tertiary/aromatic N) is 1. The molecule has 0 aliphatic carbocycles. The summed E-state index contributed by atoms with van der Waals surface area (Å²) in [4.78, 5) is 10.3. The minimum absolute atomic E-state index is 0.0264. The van der Waals surface area contributed by atoms with Gasteiger partial charge in [-0.25, -0.2) is 0 Å². The molecule has 8 heteroatoms. The summed E-state index contributed by atoms with van der Waals surface area (Å²) < 4.78 is 7.03. The predicted octanol–water partition coefficient (Wildman–Crippen LogP) is 6.10. The highest BCUT2D eigenvalue weighted by atomic mass is 79.9. The van der Waals surface area contributed by atoms with Crippen LogP contribution in [0.3, 0.4) is 0 Å². The van der Waals surface area contributed by atoms with Crippen LogP contribution in [0.5, 0.6) is 5.75 Å². The molecule has 162 valence electrons. The van der Waals surface area contributed by atoms with Gasteiger partial charge in [0.2, 0.25) is 0 Å². The molecule has 0 fully saturated rings. The van der Waals surface area contributed by atoms with Crippen molar-refractivity contribution in [3.63, 3.8) is 0 Å². The first-order valence-electron chi connectivity index (χ1n) is 9.77. The van der Waals surface area contributed by atoms with E-state index in [0.29, 0.717) is 37.0 Å². The predicted molar refractivity (Wildman–Crippen MR) is 128 cm³/mol. The summed E-state index contributed by atoms with van der Waals surface area (Å²) in [5.74, 6) is 0.836. The fourth-order valence-electron chi connectivity index (χ4n) is 2.94. The van der Waals surface area contributed by atoms with Gasteiger partial charge in [0.15, 0.2) is 0 Å². The molecule has 0 spiro atoms. The van der Waals surface area contributed by atoms with Gasteiger partial charge < -0.3 is 15.4 Å². The van der Waals surface area contributed by atoms with E-state index in [1.54, 1.807) is 6.07 Å². The molecule has 0 aliphatic rings. The van der Waals surface area contributed by atoms with Crippen molar-refractivity contribution in [3.8, 4) is 5.75 Å². The Kier molecular flexibility index (Phi) is 8.28. The standard InChI is InChI=1S/C23H23BrClN3O3/c1-16-2-4-17(5-3-16)15-31-23-9-6-19(24)12-18(23)14-26-10-11-27-22-8-7-20(28(29)30)13-21(22)25/h2-9,12-13,26-27H,10-11,14-15H2,1H3. The van der Waals surface area contributed by atoms with E-state index in [2.05, 4.69) is 57.8 Å². The second kappa shape index (κ2) is 11.1. The van der Waals surface area contributed by atoms with Crippen LogP contribution in [0, 0.1) is 17.0 Å². The minimum Gasteiger partial charge on any atom is -0.489 e. The second-order valence-corrected chi connectivity index (χ2v) is 8.37. The first-order chi connectivity index (χ1) is 14.9. The van der Waals surface area contributed by atoms with E-state index in [4.69, 9.17) is 16.3 Å². The summed E-state index contributed by atoms with van der Waals surface area (Å²) in [7, 11) is 0. The number of non-ortho nitro benzene ring substituents is 1. The monoisotopic (exact) mass is 503 g/mol. The van der Waals surface area contributed by atoms with Gasteiger partial charge in [0, 0.05) is 41.8 Å². The van der Waals surface area contributed by atoms with Crippen LogP contribution in [0.4, 0.5) is 11.4 Å². The zero-order valence-corrected chi connectivity index (χ0v) is 19.4. The van der Waals surface area contributed by atoms with Crippen molar-refractivity contribution in [1.29, 1.82) is 0 Å². The van der Waals surface area contributed by atoms with Crippen molar-refractivity contribution < 1.29 is 9.66 Å². The molecule has 0 saturated carbocycles. The number of anilines is 1. The molecule has 3 aromatic carbocycles. The molecular weight excluding hydrogens is 482 g/mol. The number of nitrogens with one attached hydrogen (secondary N) is 2. The minimum atomic E-state index is -0.465. The lowest BCUT2D eigenvalue weighted by Gasteiger charge is -2.14. The number of benzene rings is 3. The zero-order valence-electron chi connectivity index (χ0n) is 17.0. The number of rotatable bonds is 10. The molecule has 0 amide bonds. The Morgan fingerprint density at radius 1 is 1.06 bits per heavy atom. The Morgan fingerprint density at radius 3 is 2.55 bits per heavy atom. The van der Waals surface area contributed by atoms with Crippen molar-refractivity contribution in [2.24, 2.45) is 0 Å². The molecule has 31 heavy (non-hydrogen) atoms. The average molecular weight is 505 g/mol. The summed E-state index contributed by atoms with van der Waals surface area (Å²) in [5, 5.41) is 17.7. The van der Waals surface area contributed by atoms with E-state index in [9.17, 15) is 10.1 Å². The van der Waals surface area contributed by atoms with Crippen LogP contribution in [0.25, 0.3) is 0 Å². The Hall–Kier alpha value is -2.61. The number of hydrogen-bond acceptors (Lipinski definition) is 5. The van der Waals surface area contributed by atoms with Crippen LogP contribution < -0.4 is 15.4 Å². The summed E-state index contributed by atoms with van der Waals surface area (Å²) in [6.07, 6.45) is 0. The third-order valence-corrected chi connectivity index (χ3v) is 5.44. The maximum absolute atomic E-state index is 10.8. The molecule has 6 nitrogen and oxygen atoms in total. The van der Waals surface area contributed by atoms with Crippen LogP contribution in [0.1, 0.15) is 16.7 Å². The molecule has 0 bridgehead atoms. The zero-order chi connectivity index (χ0) is 22.2. The van der Waals surface area contributed by atoms with E-state index in [1.807, 2.05) is 18.2 Å². The van der Waals surface area contributed by atoms with Crippen LogP contribution >= 0.6 is 27.5 Å². The van der Waals surface area contributed by atoms with Crippen molar-refractivity contribution in [1.82, 2.24) is 5.32 Å². The van der Waals surface area contributed by atoms with Crippen molar-refractivity contribution in [2.75, 3.05) is 18.4 Å². The van der Waals surface area contributed by atoms with E-state index in [-0.39, 0.29) is 5.69 Å². The molecule has 3 aromatic rings. The molecule has 0 aliphatic heterocycles. The molecule has 0 radical (unpaired) electrons. The number of nitro benzene ring substituents is 1. The van der Waals surface area contributed by atoms with Gasteiger partial charge in [-0.3, -0.25) is 10.1 Å². The van der Waals surface area contributed by atoms with E-state index >= 15 is 0 Å². The molecule has 0 aromatic heterocycles. The largest absolute Gasteiger partial charge is 0.489 e. The summed E-state index contributed by atoms with van der Waals surface area (Å²) >= 11 is 9.62. The topological polar surface area (TPSA) is 76.4 Å². The third kappa shape index (κ3) is 6.95. The Balaban J connectivity index is 1.50. The van der Waals surface area contributed by atoms with Gasteiger partial charge in [-0.15, -0.1) is 0 Å². The number of halogens is 2. The van der Waals surface area contributed by atoms with Gasteiger partial charge >= 0.3 is 0 Å². The maximum atomic E-state index is 10.8. The lowest BCUT2D eigenvalue weighted by Crippen LogP contribution is -2.22. The molecule has 0 atom stereocenters. The van der Waals surface area contributed by atoms with Gasteiger partial charge in [-0.1, -0.05) is 57.4 Å². The van der Waals surface area contributed by atoms with Gasteiger partial charge in [-0.2, -0.15) is 0 Å². The van der Waals surface area contributed by atoms with Crippen LogP contribution in [-0.4, -0.2) is 18.0 Å². The molecule has 3 rings (SSSR count). The van der Waals surface area contributed by atoms with Crippen LogP contribution in [0.15, 0.2) is 65.1 Å². The van der Waals surface area contributed by atoms with Crippen LogP contribution in [-0.2, 0) is 13.2 Å². The second-order valence-electron chi connectivity index (χ2n) is 7.05. The Morgan fingerprint density at radius 2 is 1.84 bits per heavy atom. The SMILES string of the molecule is Cc1ccc(COc2ccc(Br)cc2CNCCNc2ccc([N+](=O)[O-])cc2Cl)cc1. The van der Waals surface area contributed by atoms with Gasteiger partial charge in [0.1, 0.15) is 12.4 Å². The van der Waals surface area contributed by atoms with Gasteiger partial charge in [-0.05, 0) is 36.8 Å². The van der Waals surface area contributed by atoms with Crippen LogP contribution in [0.2, 0.25) is 5.02 Å². The normalized spacial score (nSPS) is 10.7. The number of aryl methyl sites for hydroxylation is 1. The smallest absolute Gasteiger partial charge is 0.271 e. The summed E-state index contributed by atoms with van der Waals surface area (Å²) in [5.41, 5.74) is 4.03. The highest BCUT2D eigenvalue weighted by Gasteiger charge is 2.09. The highest BCUT2D eigenvalue weighted by molar-refractivity contribution is 9.10. The fourth-order valence-corrected chi connectivity index (χ4v) is 3.59. The molecule has 0 heterocycles. The van der Waals surface area contributed by atoms with Crippen molar-refractivity contribution in [2.45, 2.75) is 20.1 Å². The van der Waals surface area contributed by atoms with E-state index in [0.717, 1.165) is 21.3 Å². The number of hydrogen-bond donors (Lipinski definition) is 2. The quantitative estimate of drug-likeness (QED) is 0.198. The molecule has 0 unspecified atom stereocenters. The average Bonchev–Trinajstić information content (AvgIpc) is 2.75. The van der Waals surface area contributed by atoms with Crippen molar-refractivity contribution in [3.05, 3.63) is 97.0 Å². The summed E-state index contributed by atoms with van der Waals surface area (Å²) in [6, 6.07) is 18.7. The fraction of sp³-hybridized carbons (Fsp3) is 0.217. The summed E-state index contributed by atoms with van der Waals surface area (Å²) in [6.45, 7) is 4.50. The first kappa shape index (κ1) is 23.1. The molecular formula is C23H23BrClN3O3. The molecule has 2 N–H and O–H groups in total. The van der Waals surface area contributed by atoms with E-state index < -0.39 is 4.92 Å². The van der Waals surface area contributed by atoms with Gasteiger partial charge in [0.05, 0.1) is 15.6 Å². The maximum Gasteiger partial charge on any atom is 0.271 e. The van der Waals surface area contributed by atoms with Gasteiger partial charge in [0.25, 0.3) is 5.69 Å². The first-order valence-corrected chi connectivity index (χ1v) is 10.9. The third-order valence-electron chi connectivity index (χ3n) is 4.63. The number of nitro groups is 1. The van der Waals surface area contributed by atoms with Crippen molar-refractivity contribution >= 4 is 38.9 Å². The highest BCUT2D eigenvalue weighted by Crippen LogP contribution is 2.26. The number of ether oxygens (including phenoxy) is 1. The Labute approximate surface area is 194 Å². The van der Waals surface area contributed by atoms with E-state index in [1.165, 1.54) is 17.7 Å². The molecule has 0 saturated heterocycles. The lowest BCUT2D eigenvalue weighted by molar-refractivity contribution is -0.384. The lowest BCUT2D eigenvalue weighted by atomic mass is 10.1. The Bertz CT molecular complexity index is 1040.